The smallest absolute Gasteiger partial charge is 0.227 e. The van der Waals surface area contributed by atoms with Crippen molar-refractivity contribution in [2.75, 3.05) is 45.8 Å². The highest BCUT2D eigenvalue weighted by Crippen LogP contribution is 2.26. The Hall–Kier alpha value is -0.660. The molecule has 3 fully saturated rings. The topological polar surface area (TPSA) is 60.9 Å². The fraction of sp³-hybridized carbons (Fsp3) is 0.944. The molecule has 0 aromatic carbocycles. The van der Waals surface area contributed by atoms with E-state index in [0.29, 0.717) is 44.9 Å². The average molecular weight is 372 g/mol. The number of carbonyl (C=O) groups is 1. The zero-order valence-electron chi connectivity index (χ0n) is 15.7. The van der Waals surface area contributed by atoms with Crippen LogP contribution in [-0.4, -0.2) is 79.5 Å². The van der Waals surface area contributed by atoms with Crippen LogP contribution in [0, 0.1) is 11.8 Å². The number of sulfonamides is 1. The summed E-state index contributed by atoms with van der Waals surface area (Å²) in [5.74, 6) is 0.967. The van der Waals surface area contributed by atoms with E-state index in [2.05, 4.69) is 18.7 Å². The molecule has 0 radical (unpaired) electrons. The molecular formula is C18H33N3O3S. The van der Waals surface area contributed by atoms with Crippen LogP contribution >= 0.6 is 0 Å². The maximum atomic E-state index is 12.8. The van der Waals surface area contributed by atoms with Crippen LogP contribution in [-0.2, 0) is 14.8 Å². The van der Waals surface area contributed by atoms with E-state index in [0.717, 1.165) is 38.9 Å². The fourth-order valence-electron chi connectivity index (χ4n) is 4.50. The van der Waals surface area contributed by atoms with Crippen molar-refractivity contribution in [1.82, 2.24) is 14.1 Å². The number of piperidine rings is 1. The van der Waals surface area contributed by atoms with Crippen molar-refractivity contribution in [2.24, 2.45) is 11.8 Å². The van der Waals surface area contributed by atoms with E-state index in [-0.39, 0.29) is 17.1 Å². The molecular weight excluding hydrogens is 338 g/mol. The zero-order chi connectivity index (χ0) is 18.0. The zero-order valence-corrected chi connectivity index (χ0v) is 16.5. The Morgan fingerprint density at radius 2 is 1.64 bits per heavy atom. The van der Waals surface area contributed by atoms with E-state index >= 15 is 0 Å². The third-order valence-corrected chi connectivity index (χ3v) is 8.24. The average Bonchev–Trinajstić information content (AvgIpc) is 3.25. The summed E-state index contributed by atoms with van der Waals surface area (Å²) in [6, 6.07) is 0. The minimum Gasteiger partial charge on any atom is -0.342 e. The van der Waals surface area contributed by atoms with Crippen molar-refractivity contribution in [2.45, 2.75) is 51.2 Å². The van der Waals surface area contributed by atoms with Crippen molar-refractivity contribution in [1.29, 1.82) is 0 Å². The summed E-state index contributed by atoms with van der Waals surface area (Å²) in [6.07, 6.45) is 4.08. The molecule has 0 bridgehead atoms. The summed E-state index contributed by atoms with van der Waals surface area (Å²) in [5, 5.41) is -0.296. The molecule has 0 aromatic rings. The van der Waals surface area contributed by atoms with Crippen LogP contribution in [0.1, 0.15) is 46.0 Å². The van der Waals surface area contributed by atoms with E-state index in [1.54, 1.807) is 4.31 Å². The van der Waals surface area contributed by atoms with Gasteiger partial charge in [-0.1, -0.05) is 13.8 Å². The van der Waals surface area contributed by atoms with Gasteiger partial charge in [0.15, 0.2) is 0 Å². The van der Waals surface area contributed by atoms with Crippen LogP contribution in [0.4, 0.5) is 0 Å². The van der Waals surface area contributed by atoms with Gasteiger partial charge in [0.25, 0.3) is 0 Å². The van der Waals surface area contributed by atoms with Crippen LogP contribution in [0.3, 0.4) is 0 Å². The minimum atomic E-state index is -3.17. The molecule has 0 spiro atoms. The number of amides is 1. The third kappa shape index (κ3) is 4.37. The van der Waals surface area contributed by atoms with Gasteiger partial charge >= 0.3 is 0 Å². The van der Waals surface area contributed by atoms with Gasteiger partial charge in [0.05, 0.1) is 11.2 Å². The first-order valence-corrected chi connectivity index (χ1v) is 11.4. The number of likely N-dealkylation sites (tertiary alicyclic amines) is 2. The number of hydrogen-bond donors (Lipinski definition) is 0. The molecule has 3 aliphatic rings. The van der Waals surface area contributed by atoms with Gasteiger partial charge in [0.2, 0.25) is 15.9 Å². The van der Waals surface area contributed by atoms with Crippen molar-refractivity contribution >= 4 is 15.9 Å². The molecule has 0 aromatic heterocycles. The lowest BCUT2D eigenvalue weighted by Gasteiger charge is -2.34. The summed E-state index contributed by atoms with van der Waals surface area (Å²) in [4.78, 5) is 17.1. The molecule has 25 heavy (non-hydrogen) atoms. The highest BCUT2D eigenvalue weighted by atomic mass is 32.2. The highest BCUT2D eigenvalue weighted by molar-refractivity contribution is 7.89. The molecule has 3 aliphatic heterocycles. The van der Waals surface area contributed by atoms with Crippen LogP contribution in [0.2, 0.25) is 0 Å². The Bertz CT molecular complexity index is 564. The van der Waals surface area contributed by atoms with Gasteiger partial charge in [-0.2, -0.15) is 0 Å². The summed E-state index contributed by atoms with van der Waals surface area (Å²) in [5.41, 5.74) is 0. The van der Waals surface area contributed by atoms with Gasteiger partial charge in [0.1, 0.15) is 0 Å². The van der Waals surface area contributed by atoms with E-state index in [4.69, 9.17) is 0 Å². The predicted molar refractivity (Wildman–Crippen MR) is 98.7 cm³/mol. The third-order valence-electron chi connectivity index (χ3n) is 5.84. The van der Waals surface area contributed by atoms with Crippen LogP contribution in [0.15, 0.2) is 0 Å². The van der Waals surface area contributed by atoms with Gasteiger partial charge in [-0.05, 0) is 44.6 Å². The maximum absolute atomic E-state index is 12.8. The maximum Gasteiger partial charge on any atom is 0.227 e. The number of nitrogens with zero attached hydrogens (tertiary/aromatic N) is 3. The number of rotatable bonds is 5. The molecule has 3 saturated heterocycles. The molecule has 144 valence electrons. The Balaban J connectivity index is 1.50. The van der Waals surface area contributed by atoms with Crippen LogP contribution < -0.4 is 0 Å². The van der Waals surface area contributed by atoms with E-state index in [9.17, 15) is 13.2 Å². The van der Waals surface area contributed by atoms with Crippen molar-refractivity contribution in [3.8, 4) is 0 Å². The van der Waals surface area contributed by atoms with Crippen LogP contribution in [0.25, 0.3) is 0 Å². The largest absolute Gasteiger partial charge is 0.342 e. The number of carbonyl (C=O) groups excluding carboxylic acids is 1. The van der Waals surface area contributed by atoms with Crippen molar-refractivity contribution < 1.29 is 13.2 Å². The summed E-state index contributed by atoms with van der Waals surface area (Å²) in [7, 11) is -3.17. The van der Waals surface area contributed by atoms with Gasteiger partial charge < -0.3 is 9.80 Å². The van der Waals surface area contributed by atoms with Crippen molar-refractivity contribution in [3.63, 3.8) is 0 Å². The van der Waals surface area contributed by atoms with E-state index in [1.165, 1.54) is 0 Å². The summed E-state index contributed by atoms with van der Waals surface area (Å²) in [6.45, 7) is 9.89. The summed E-state index contributed by atoms with van der Waals surface area (Å²) >= 11 is 0. The highest BCUT2D eigenvalue weighted by Gasteiger charge is 2.38. The Labute approximate surface area is 152 Å². The van der Waals surface area contributed by atoms with Gasteiger partial charge in [0, 0.05) is 39.3 Å². The molecule has 7 heteroatoms. The van der Waals surface area contributed by atoms with Gasteiger partial charge in [-0.25, -0.2) is 12.7 Å². The Morgan fingerprint density at radius 1 is 1.00 bits per heavy atom. The molecule has 1 amide bonds. The normalized spacial score (nSPS) is 27.5. The minimum absolute atomic E-state index is 0.102. The quantitative estimate of drug-likeness (QED) is 0.733. The molecule has 0 saturated carbocycles. The van der Waals surface area contributed by atoms with E-state index < -0.39 is 10.0 Å². The lowest BCUT2D eigenvalue weighted by molar-refractivity contribution is -0.136. The second-order valence-corrected chi connectivity index (χ2v) is 10.5. The molecule has 6 nitrogen and oxygen atoms in total. The van der Waals surface area contributed by atoms with Gasteiger partial charge in [-0.15, -0.1) is 0 Å². The molecule has 3 rings (SSSR count). The fourth-order valence-corrected chi connectivity index (χ4v) is 6.50. The number of hydrogen-bond acceptors (Lipinski definition) is 4. The second-order valence-electron chi connectivity index (χ2n) is 8.31. The SMILES string of the molecule is CC(C)CN1CC[C@@H](C(=O)N2CCC(S(=O)(=O)N3CCCC3)CC2)C1. The van der Waals surface area contributed by atoms with Crippen molar-refractivity contribution in [3.05, 3.63) is 0 Å². The lowest BCUT2D eigenvalue weighted by atomic mass is 10.0. The molecule has 3 heterocycles. The first-order valence-electron chi connectivity index (χ1n) is 9.88. The first-order chi connectivity index (χ1) is 11.9. The first kappa shape index (κ1) is 19.1. The van der Waals surface area contributed by atoms with Crippen LogP contribution in [0.5, 0.6) is 0 Å². The standard InChI is InChI=1S/C18H33N3O3S/c1-15(2)13-19-10-5-16(14-19)18(22)20-11-6-17(7-12-20)25(23,24)21-8-3-4-9-21/h15-17H,3-14H2,1-2H3/t16-/m1/s1. The molecule has 1 atom stereocenters. The summed E-state index contributed by atoms with van der Waals surface area (Å²) < 4.78 is 27.0. The second kappa shape index (κ2) is 7.92. The monoisotopic (exact) mass is 371 g/mol. The Morgan fingerprint density at radius 3 is 2.24 bits per heavy atom. The molecule has 0 aliphatic carbocycles. The predicted octanol–water partition coefficient (Wildman–Crippen LogP) is 1.38. The molecule has 0 N–H and O–H groups in total. The lowest BCUT2D eigenvalue weighted by Crippen LogP contribution is -2.48. The van der Waals surface area contributed by atoms with Gasteiger partial charge in [-0.3, -0.25) is 4.79 Å². The van der Waals surface area contributed by atoms with E-state index in [1.807, 2.05) is 4.90 Å². The Kier molecular flexibility index (Phi) is 6.06. The molecule has 0 unspecified atom stereocenters.